The molecule has 0 aliphatic rings. The quantitative estimate of drug-likeness (QED) is 0.585. The Morgan fingerprint density at radius 1 is 1.03 bits per heavy atom. The van der Waals surface area contributed by atoms with Crippen LogP contribution in [0.3, 0.4) is 0 Å². The van der Waals surface area contributed by atoms with Crippen LogP contribution in [0.15, 0.2) is 77.7 Å². The van der Waals surface area contributed by atoms with Crippen LogP contribution >= 0.6 is 11.6 Å². The summed E-state index contributed by atoms with van der Waals surface area (Å²) in [6.45, 7) is 0.370. The van der Waals surface area contributed by atoms with Crippen LogP contribution in [0.2, 0.25) is 5.02 Å². The van der Waals surface area contributed by atoms with Gasteiger partial charge in [0.1, 0.15) is 5.75 Å². The highest BCUT2D eigenvalue weighted by Crippen LogP contribution is 2.25. The maximum Gasteiger partial charge on any atom is 0.261 e. The van der Waals surface area contributed by atoms with E-state index >= 15 is 0 Å². The number of carbonyl (C=O) groups is 1. The molecule has 0 fully saturated rings. The normalized spacial score (nSPS) is 11.0. The predicted octanol–water partition coefficient (Wildman–Crippen LogP) is 4.42. The van der Waals surface area contributed by atoms with Crippen LogP contribution in [0.4, 0.5) is 5.69 Å². The summed E-state index contributed by atoms with van der Waals surface area (Å²) in [5, 5.41) is 0.158. The Morgan fingerprint density at radius 2 is 1.77 bits per heavy atom. The molecule has 0 aromatic heterocycles. The highest BCUT2D eigenvalue weighted by atomic mass is 35.5. The van der Waals surface area contributed by atoms with E-state index in [-0.39, 0.29) is 27.1 Å². The Labute approximate surface area is 181 Å². The summed E-state index contributed by atoms with van der Waals surface area (Å²) < 4.78 is 32.6. The zero-order valence-corrected chi connectivity index (χ0v) is 18.1. The molecular weight excluding hydrogens is 424 g/mol. The second-order valence-corrected chi connectivity index (χ2v) is 8.72. The number of halogens is 1. The Morgan fingerprint density at radius 3 is 2.43 bits per heavy atom. The van der Waals surface area contributed by atoms with E-state index in [1.165, 1.54) is 35.2 Å². The number of sulfonamides is 1. The van der Waals surface area contributed by atoms with Crippen molar-refractivity contribution in [1.29, 1.82) is 0 Å². The number of hydrogen-bond acceptors (Lipinski definition) is 4. The first-order chi connectivity index (χ1) is 14.3. The fraction of sp³-hybridized carbons (Fsp3) is 0.136. The highest BCUT2D eigenvalue weighted by Gasteiger charge is 2.18. The number of ether oxygens (including phenoxy) is 1. The molecule has 0 saturated heterocycles. The monoisotopic (exact) mass is 444 g/mol. The fourth-order valence-electron chi connectivity index (χ4n) is 2.89. The highest BCUT2D eigenvalue weighted by molar-refractivity contribution is 7.92. The van der Waals surface area contributed by atoms with Crippen molar-refractivity contribution in [1.82, 2.24) is 4.90 Å². The van der Waals surface area contributed by atoms with Gasteiger partial charge >= 0.3 is 0 Å². The van der Waals surface area contributed by atoms with E-state index < -0.39 is 10.0 Å². The maximum absolute atomic E-state index is 12.8. The molecule has 3 aromatic rings. The number of amides is 1. The molecule has 156 valence electrons. The molecule has 1 amide bonds. The molecule has 0 bridgehead atoms. The molecule has 0 atom stereocenters. The topological polar surface area (TPSA) is 75.7 Å². The van der Waals surface area contributed by atoms with Crippen molar-refractivity contribution in [3.05, 3.63) is 88.9 Å². The summed E-state index contributed by atoms with van der Waals surface area (Å²) >= 11 is 6.29. The molecule has 3 rings (SSSR count). The summed E-state index contributed by atoms with van der Waals surface area (Å²) in [6, 6.07) is 19.9. The smallest absolute Gasteiger partial charge is 0.261 e. The minimum Gasteiger partial charge on any atom is -0.497 e. The first-order valence-electron chi connectivity index (χ1n) is 9.06. The van der Waals surface area contributed by atoms with E-state index in [9.17, 15) is 13.2 Å². The van der Waals surface area contributed by atoms with Gasteiger partial charge in [-0.2, -0.15) is 0 Å². The lowest BCUT2D eigenvalue weighted by Crippen LogP contribution is -2.26. The van der Waals surface area contributed by atoms with Crippen LogP contribution in [0, 0.1) is 0 Å². The minimum absolute atomic E-state index is 0.138. The van der Waals surface area contributed by atoms with E-state index in [0.29, 0.717) is 12.3 Å². The second-order valence-electron chi connectivity index (χ2n) is 6.63. The number of carbonyl (C=O) groups excluding carboxylic acids is 1. The van der Waals surface area contributed by atoms with Crippen molar-refractivity contribution in [2.45, 2.75) is 11.4 Å². The van der Waals surface area contributed by atoms with Gasteiger partial charge in [-0.15, -0.1) is 0 Å². The first kappa shape index (κ1) is 21.7. The van der Waals surface area contributed by atoms with Crippen molar-refractivity contribution >= 4 is 33.2 Å². The van der Waals surface area contributed by atoms with Crippen LogP contribution in [0.5, 0.6) is 5.75 Å². The Bertz CT molecular complexity index is 1150. The second kappa shape index (κ2) is 9.19. The van der Waals surface area contributed by atoms with Crippen molar-refractivity contribution in [3.8, 4) is 5.75 Å². The van der Waals surface area contributed by atoms with E-state index in [4.69, 9.17) is 16.3 Å². The van der Waals surface area contributed by atoms with Crippen molar-refractivity contribution < 1.29 is 17.9 Å². The minimum atomic E-state index is -3.74. The summed E-state index contributed by atoms with van der Waals surface area (Å²) in [4.78, 5) is 14.5. The van der Waals surface area contributed by atoms with Crippen molar-refractivity contribution in [3.63, 3.8) is 0 Å². The molecular formula is C22H21ClN2O4S. The first-order valence-corrected chi connectivity index (χ1v) is 10.9. The van der Waals surface area contributed by atoms with Crippen molar-refractivity contribution in [2.75, 3.05) is 18.9 Å². The largest absolute Gasteiger partial charge is 0.497 e. The molecule has 30 heavy (non-hydrogen) atoms. The number of methoxy groups -OCH3 is 1. The number of rotatable bonds is 7. The van der Waals surface area contributed by atoms with Crippen LogP contribution in [-0.2, 0) is 16.6 Å². The third-order valence-corrected chi connectivity index (χ3v) is 6.12. The maximum atomic E-state index is 12.8. The average Bonchev–Trinajstić information content (AvgIpc) is 2.74. The average molecular weight is 445 g/mol. The van der Waals surface area contributed by atoms with Crippen LogP contribution in [-0.4, -0.2) is 33.4 Å². The van der Waals surface area contributed by atoms with Gasteiger partial charge in [0.05, 0.1) is 28.3 Å². The lowest BCUT2D eigenvalue weighted by Gasteiger charge is -2.19. The van der Waals surface area contributed by atoms with Crippen molar-refractivity contribution in [2.24, 2.45) is 0 Å². The molecule has 3 aromatic carbocycles. The molecule has 8 heteroatoms. The number of nitrogens with zero attached hydrogens (tertiary/aromatic N) is 1. The van der Waals surface area contributed by atoms with Gasteiger partial charge in [0.15, 0.2) is 0 Å². The van der Waals surface area contributed by atoms with Gasteiger partial charge in [-0.25, -0.2) is 8.42 Å². The van der Waals surface area contributed by atoms with E-state index in [0.717, 1.165) is 5.56 Å². The molecule has 0 unspecified atom stereocenters. The van der Waals surface area contributed by atoms with Gasteiger partial charge in [-0.3, -0.25) is 9.52 Å². The van der Waals surface area contributed by atoms with Crippen LogP contribution < -0.4 is 9.46 Å². The lowest BCUT2D eigenvalue weighted by atomic mass is 10.1. The summed E-state index contributed by atoms with van der Waals surface area (Å²) in [5.74, 6) is 0.432. The molecule has 0 radical (unpaired) electrons. The number of hydrogen-bond donors (Lipinski definition) is 1. The van der Waals surface area contributed by atoms with E-state index in [1.807, 2.05) is 24.3 Å². The predicted molar refractivity (Wildman–Crippen MR) is 117 cm³/mol. The zero-order valence-electron chi connectivity index (χ0n) is 16.5. The van der Waals surface area contributed by atoms with Gasteiger partial charge in [0.2, 0.25) is 0 Å². The van der Waals surface area contributed by atoms with Gasteiger partial charge < -0.3 is 9.64 Å². The van der Waals surface area contributed by atoms with Crippen LogP contribution in [0.25, 0.3) is 0 Å². The standard InChI is InChI=1S/C22H21ClN2O4S/c1-25(15-16-7-6-8-18(13-16)29-2)22(26)20-12-11-17(14-21(20)23)24-30(27,28)19-9-4-3-5-10-19/h3-14,24H,15H2,1-2H3. The van der Waals surface area contributed by atoms with Gasteiger partial charge in [0.25, 0.3) is 15.9 Å². The molecule has 6 nitrogen and oxygen atoms in total. The molecule has 0 spiro atoms. The third-order valence-electron chi connectivity index (χ3n) is 4.41. The molecule has 0 aliphatic carbocycles. The van der Waals surface area contributed by atoms with Crippen LogP contribution in [0.1, 0.15) is 15.9 Å². The van der Waals surface area contributed by atoms with Gasteiger partial charge in [0, 0.05) is 13.6 Å². The Kier molecular flexibility index (Phi) is 6.64. The van der Waals surface area contributed by atoms with E-state index in [1.54, 1.807) is 32.4 Å². The molecule has 0 aliphatic heterocycles. The molecule has 0 heterocycles. The Hall–Kier alpha value is -3.03. The zero-order chi connectivity index (χ0) is 21.7. The third kappa shape index (κ3) is 5.11. The summed E-state index contributed by atoms with van der Waals surface area (Å²) in [7, 11) is -0.487. The summed E-state index contributed by atoms with van der Waals surface area (Å²) in [6.07, 6.45) is 0. The SMILES string of the molecule is COc1cccc(CN(C)C(=O)c2ccc(NS(=O)(=O)c3ccccc3)cc2Cl)c1. The lowest BCUT2D eigenvalue weighted by molar-refractivity contribution is 0.0785. The summed E-state index contributed by atoms with van der Waals surface area (Å²) in [5.41, 5.74) is 1.47. The molecule has 0 saturated carbocycles. The fourth-order valence-corrected chi connectivity index (χ4v) is 4.22. The van der Waals surface area contributed by atoms with Gasteiger partial charge in [-0.1, -0.05) is 41.9 Å². The Balaban J connectivity index is 1.75. The van der Waals surface area contributed by atoms with Gasteiger partial charge in [-0.05, 0) is 48.0 Å². The molecule has 1 N–H and O–H groups in total. The number of nitrogens with one attached hydrogen (secondary N) is 1. The number of benzene rings is 3. The van der Waals surface area contributed by atoms with E-state index in [2.05, 4.69) is 4.72 Å². The number of anilines is 1.